The molecule has 3 N–H and O–H groups in total. The topological polar surface area (TPSA) is 87.4 Å². The Morgan fingerprint density at radius 1 is 1.29 bits per heavy atom. The van der Waals surface area contributed by atoms with E-state index < -0.39 is 11.6 Å². The number of furan rings is 1. The number of amides is 2. The van der Waals surface area contributed by atoms with Crippen LogP contribution in [0.2, 0.25) is 0 Å². The quantitative estimate of drug-likeness (QED) is 0.662. The molecule has 24 heavy (non-hydrogen) atoms. The Morgan fingerprint density at radius 2 is 2.08 bits per heavy atom. The van der Waals surface area contributed by atoms with E-state index in [0.717, 1.165) is 11.3 Å². The Hall–Kier alpha value is -2.64. The Morgan fingerprint density at radius 3 is 2.79 bits per heavy atom. The number of hydrogen-bond donors (Lipinski definition) is 3. The maximum atomic E-state index is 12.0. The summed E-state index contributed by atoms with van der Waals surface area (Å²) in [6, 6.07) is 14.5. The standard InChI is InChI=1S/C17H17N3O3S/c1-17(22,14-8-5-9-23-14)11-18-16(21)19-15-10-13(20-24-15)12-6-3-2-4-7-12/h2-10,22H,11H2,1H3,(H2,18,19,21)/t17-/m0/s1. The van der Waals surface area contributed by atoms with Crippen molar-refractivity contribution in [3.63, 3.8) is 0 Å². The molecule has 0 aliphatic rings. The highest BCUT2D eigenvalue weighted by atomic mass is 32.1. The zero-order valence-electron chi connectivity index (χ0n) is 13.0. The Labute approximate surface area is 143 Å². The van der Waals surface area contributed by atoms with Crippen LogP contribution in [-0.4, -0.2) is 22.1 Å². The van der Waals surface area contributed by atoms with Gasteiger partial charge in [-0.05, 0) is 30.6 Å². The van der Waals surface area contributed by atoms with Crippen molar-refractivity contribution in [3.05, 3.63) is 60.6 Å². The van der Waals surface area contributed by atoms with Crippen LogP contribution in [-0.2, 0) is 5.60 Å². The first kappa shape index (κ1) is 16.2. The van der Waals surface area contributed by atoms with Crippen molar-refractivity contribution in [2.75, 3.05) is 11.9 Å². The maximum Gasteiger partial charge on any atom is 0.320 e. The van der Waals surface area contributed by atoms with Crippen LogP contribution in [0.4, 0.5) is 9.80 Å². The van der Waals surface area contributed by atoms with Gasteiger partial charge in [-0.1, -0.05) is 30.3 Å². The van der Waals surface area contributed by atoms with Gasteiger partial charge in [-0.15, -0.1) is 0 Å². The van der Waals surface area contributed by atoms with Crippen LogP contribution in [0.1, 0.15) is 12.7 Å². The number of nitrogens with one attached hydrogen (secondary N) is 2. The average molecular weight is 343 g/mol. The van der Waals surface area contributed by atoms with E-state index in [1.807, 2.05) is 36.4 Å². The van der Waals surface area contributed by atoms with Crippen molar-refractivity contribution in [2.45, 2.75) is 12.5 Å². The number of aromatic nitrogens is 1. The minimum absolute atomic E-state index is 0.0245. The summed E-state index contributed by atoms with van der Waals surface area (Å²) < 4.78 is 9.50. The first-order valence-corrected chi connectivity index (χ1v) is 8.15. The van der Waals surface area contributed by atoms with Crippen molar-refractivity contribution in [1.82, 2.24) is 9.69 Å². The number of anilines is 1. The second-order valence-corrected chi connectivity index (χ2v) is 6.31. The summed E-state index contributed by atoms with van der Waals surface area (Å²) >= 11 is 1.20. The number of urea groups is 1. The van der Waals surface area contributed by atoms with Gasteiger partial charge in [0.25, 0.3) is 0 Å². The molecule has 1 aromatic carbocycles. The molecule has 124 valence electrons. The summed E-state index contributed by atoms with van der Waals surface area (Å²) in [5, 5.41) is 16.3. The van der Waals surface area contributed by atoms with Crippen LogP contribution in [0, 0.1) is 0 Å². The number of aliphatic hydroxyl groups is 1. The minimum atomic E-state index is -1.27. The van der Waals surface area contributed by atoms with Gasteiger partial charge >= 0.3 is 6.03 Å². The van der Waals surface area contributed by atoms with Crippen molar-refractivity contribution in [2.24, 2.45) is 0 Å². The molecule has 0 aliphatic carbocycles. The molecule has 3 aromatic rings. The molecule has 0 radical (unpaired) electrons. The number of hydrogen-bond acceptors (Lipinski definition) is 5. The summed E-state index contributed by atoms with van der Waals surface area (Å²) in [4.78, 5) is 12.0. The Balaban J connectivity index is 1.57. The second kappa shape index (κ2) is 6.86. The van der Waals surface area contributed by atoms with Gasteiger partial charge in [0.1, 0.15) is 16.4 Å². The molecule has 0 spiro atoms. The molecule has 3 rings (SSSR count). The van der Waals surface area contributed by atoms with Crippen molar-refractivity contribution in [3.8, 4) is 11.3 Å². The Bertz CT molecular complexity index is 798. The summed E-state index contributed by atoms with van der Waals surface area (Å²) in [7, 11) is 0. The number of carbonyl (C=O) groups is 1. The highest BCUT2D eigenvalue weighted by Crippen LogP contribution is 2.25. The third kappa shape index (κ3) is 3.81. The van der Waals surface area contributed by atoms with Gasteiger partial charge in [-0.2, -0.15) is 4.37 Å². The number of carbonyl (C=O) groups excluding carboxylic acids is 1. The van der Waals surface area contributed by atoms with E-state index in [9.17, 15) is 9.90 Å². The molecule has 0 fully saturated rings. The fourth-order valence-corrected chi connectivity index (χ4v) is 2.82. The third-order valence-electron chi connectivity index (χ3n) is 3.46. The van der Waals surface area contributed by atoms with Crippen molar-refractivity contribution in [1.29, 1.82) is 0 Å². The van der Waals surface area contributed by atoms with Gasteiger partial charge in [0.15, 0.2) is 0 Å². The minimum Gasteiger partial charge on any atom is -0.466 e. The third-order valence-corrected chi connectivity index (χ3v) is 4.17. The SMILES string of the molecule is C[C@](O)(CNC(=O)Nc1cc(-c2ccccc2)ns1)c1ccco1. The predicted octanol–water partition coefficient (Wildman–Crippen LogP) is 3.43. The number of nitrogens with zero attached hydrogens (tertiary/aromatic N) is 1. The number of benzene rings is 1. The zero-order valence-corrected chi connectivity index (χ0v) is 13.8. The fraction of sp³-hybridized carbons (Fsp3) is 0.176. The molecular formula is C17H17N3O3S. The average Bonchev–Trinajstić information content (AvgIpc) is 3.26. The Kier molecular flexibility index (Phi) is 4.64. The van der Waals surface area contributed by atoms with E-state index in [1.54, 1.807) is 19.1 Å². The van der Waals surface area contributed by atoms with E-state index in [1.165, 1.54) is 17.8 Å². The largest absolute Gasteiger partial charge is 0.466 e. The lowest BCUT2D eigenvalue weighted by Gasteiger charge is -2.21. The monoisotopic (exact) mass is 343 g/mol. The van der Waals surface area contributed by atoms with Gasteiger partial charge in [0, 0.05) is 11.6 Å². The first-order chi connectivity index (χ1) is 11.5. The summed E-state index contributed by atoms with van der Waals surface area (Å²) in [5.41, 5.74) is 0.519. The van der Waals surface area contributed by atoms with Gasteiger partial charge in [-0.3, -0.25) is 5.32 Å². The molecule has 6 nitrogen and oxygen atoms in total. The van der Waals surface area contributed by atoms with E-state index in [4.69, 9.17) is 4.42 Å². The van der Waals surface area contributed by atoms with Gasteiger partial charge in [0.05, 0.1) is 18.5 Å². The lowest BCUT2D eigenvalue weighted by atomic mass is 10.0. The van der Waals surface area contributed by atoms with Crippen molar-refractivity contribution >= 4 is 22.6 Å². The summed E-state index contributed by atoms with van der Waals surface area (Å²) in [6.07, 6.45) is 1.48. The van der Waals surface area contributed by atoms with Gasteiger partial charge < -0.3 is 14.8 Å². The van der Waals surface area contributed by atoms with Crippen LogP contribution < -0.4 is 10.6 Å². The first-order valence-electron chi connectivity index (χ1n) is 7.38. The smallest absolute Gasteiger partial charge is 0.320 e. The molecule has 0 saturated heterocycles. The molecule has 2 amide bonds. The van der Waals surface area contributed by atoms with Crippen LogP contribution in [0.3, 0.4) is 0 Å². The maximum absolute atomic E-state index is 12.0. The normalized spacial score (nSPS) is 13.2. The van der Waals surface area contributed by atoms with Crippen LogP contribution in [0.5, 0.6) is 0 Å². The van der Waals surface area contributed by atoms with E-state index >= 15 is 0 Å². The fourth-order valence-electron chi connectivity index (χ4n) is 2.16. The van der Waals surface area contributed by atoms with E-state index in [2.05, 4.69) is 15.0 Å². The predicted molar refractivity (Wildman–Crippen MR) is 92.9 cm³/mol. The molecule has 0 saturated carbocycles. The molecule has 0 aliphatic heterocycles. The molecule has 7 heteroatoms. The molecule has 2 aromatic heterocycles. The lowest BCUT2D eigenvalue weighted by molar-refractivity contribution is 0.0372. The number of rotatable bonds is 5. The van der Waals surface area contributed by atoms with Crippen LogP contribution in [0.15, 0.2) is 59.2 Å². The van der Waals surface area contributed by atoms with Gasteiger partial charge in [0.2, 0.25) is 0 Å². The summed E-state index contributed by atoms with van der Waals surface area (Å²) in [5.74, 6) is 0.395. The highest BCUT2D eigenvalue weighted by Gasteiger charge is 2.26. The van der Waals surface area contributed by atoms with Crippen LogP contribution >= 0.6 is 11.5 Å². The lowest BCUT2D eigenvalue weighted by Crippen LogP contribution is -2.40. The second-order valence-electron chi connectivity index (χ2n) is 5.50. The summed E-state index contributed by atoms with van der Waals surface area (Å²) in [6.45, 7) is 1.60. The molecule has 1 atom stereocenters. The molecule has 2 heterocycles. The van der Waals surface area contributed by atoms with Crippen LogP contribution in [0.25, 0.3) is 11.3 Å². The van der Waals surface area contributed by atoms with E-state index in [0.29, 0.717) is 10.8 Å². The molecular weight excluding hydrogens is 326 g/mol. The van der Waals surface area contributed by atoms with E-state index in [-0.39, 0.29) is 6.54 Å². The van der Waals surface area contributed by atoms with Gasteiger partial charge in [-0.25, -0.2) is 4.79 Å². The molecule has 0 bridgehead atoms. The zero-order chi connectivity index (χ0) is 17.0. The van der Waals surface area contributed by atoms with Crippen molar-refractivity contribution < 1.29 is 14.3 Å². The highest BCUT2D eigenvalue weighted by molar-refractivity contribution is 7.10. The molecule has 0 unspecified atom stereocenters.